The lowest BCUT2D eigenvalue weighted by Crippen LogP contribution is -2.22. The Bertz CT molecular complexity index is 276. The zero-order valence-corrected chi connectivity index (χ0v) is 8.51. The Morgan fingerprint density at radius 3 is 3.00 bits per heavy atom. The summed E-state index contributed by atoms with van der Waals surface area (Å²) in [6, 6.07) is -0.00600. The number of rotatable bonds is 1. The number of halogens is 1. The summed E-state index contributed by atoms with van der Waals surface area (Å²) in [5.41, 5.74) is 0. The third-order valence-electron chi connectivity index (χ3n) is 1.93. The van der Waals surface area contributed by atoms with Crippen molar-refractivity contribution < 1.29 is 9.84 Å². The zero-order valence-electron chi connectivity index (χ0n) is 6.35. The van der Waals surface area contributed by atoms with Gasteiger partial charge in [0, 0.05) is 6.20 Å². The number of aromatic nitrogens is 2. The van der Waals surface area contributed by atoms with Crippen molar-refractivity contribution >= 4 is 22.6 Å². The van der Waals surface area contributed by atoms with Crippen LogP contribution in [0.25, 0.3) is 0 Å². The van der Waals surface area contributed by atoms with Crippen molar-refractivity contribution in [3.8, 4) is 0 Å². The minimum Gasteiger partial charge on any atom is -0.388 e. The quantitative estimate of drug-likeness (QED) is 0.758. The lowest BCUT2D eigenvalue weighted by atomic mass is 10.2. The number of aliphatic hydroxyl groups excluding tert-OH is 1. The Balaban J connectivity index is 2.19. The van der Waals surface area contributed by atoms with Gasteiger partial charge in [-0.25, -0.2) is 0 Å². The fraction of sp³-hybridized carbons (Fsp3) is 0.571. The van der Waals surface area contributed by atoms with Crippen LogP contribution < -0.4 is 0 Å². The molecule has 66 valence electrons. The molecule has 2 atom stereocenters. The molecule has 0 spiro atoms. The summed E-state index contributed by atoms with van der Waals surface area (Å²) in [7, 11) is 0. The molecule has 0 aliphatic carbocycles. The first-order valence-corrected chi connectivity index (χ1v) is 4.81. The summed E-state index contributed by atoms with van der Waals surface area (Å²) in [5.74, 6) is 0. The van der Waals surface area contributed by atoms with Crippen LogP contribution in [0, 0.1) is 3.57 Å². The Labute approximate surface area is 83.7 Å². The molecule has 0 aromatic carbocycles. The van der Waals surface area contributed by atoms with Gasteiger partial charge in [0.15, 0.2) is 0 Å². The SMILES string of the molecule is OC1COCC1n1cc(I)cn1. The highest BCUT2D eigenvalue weighted by atomic mass is 127. The number of ether oxygens (including phenoxy) is 1. The van der Waals surface area contributed by atoms with E-state index in [1.807, 2.05) is 6.20 Å². The maximum atomic E-state index is 9.46. The van der Waals surface area contributed by atoms with E-state index in [9.17, 15) is 5.11 Å². The van der Waals surface area contributed by atoms with E-state index in [4.69, 9.17) is 4.74 Å². The van der Waals surface area contributed by atoms with Gasteiger partial charge in [-0.1, -0.05) is 0 Å². The van der Waals surface area contributed by atoms with Gasteiger partial charge in [0.05, 0.1) is 23.0 Å². The van der Waals surface area contributed by atoms with Gasteiger partial charge >= 0.3 is 0 Å². The van der Waals surface area contributed by atoms with Crippen LogP contribution in [0.4, 0.5) is 0 Å². The number of aliphatic hydroxyl groups is 1. The Kier molecular flexibility index (Phi) is 2.33. The van der Waals surface area contributed by atoms with Crippen molar-refractivity contribution in [3.05, 3.63) is 16.0 Å². The lowest BCUT2D eigenvalue weighted by molar-refractivity contribution is 0.118. The van der Waals surface area contributed by atoms with E-state index in [0.29, 0.717) is 13.2 Å². The maximum absolute atomic E-state index is 9.46. The summed E-state index contributed by atoms with van der Waals surface area (Å²) in [4.78, 5) is 0. The van der Waals surface area contributed by atoms with Crippen molar-refractivity contribution in [1.29, 1.82) is 0 Å². The molecular formula is C7H9IN2O2. The zero-order chi connectivity index (χ0) is 8.55. The van der Waals surface area contributed by atoms with Gasteiger partial charge in [-0.05, 0) is 22.6 Å². The predicted octanol–water partition coefficient (Wildman–Crippen LogP) is 0.420. The molecule has 2 heterocycles. The highest BCUT2D eigenvalue weighted by Gasteiger charge is 2.28. The number of hydrogen-bond donors (Lipinski definition) is 1. The number of hydrogen-bond acceptors (Lipinski definition) is 3. The largest absolute Gasteiger partial charge is 0.388 e. The molecule has 1 aromatic rings. The van der Waals surface area contributed by atoms with Gasteiger partial charge < -0.3 is 9.84 Å². The molecule has 5 heteroatoms. The van der Waals surface area contributed by atoms with Gasteiger partial charge in [0.1, 0.15) is 12.1 Å². The molecule has 0 bridgehead atoms. The van der Waals surface area contributed by atoms with Crippen molar-refractivity contribution in [1.82, 2.24) is 9.78 Å². The summed E-state index contributed by atoms with van der Waals surface area (Å²) in [6.45, 7) is 0.972. The molecule has 1 fully saturated rings. The van der Waals surface area contributed by atoms with Crippen LogP contribution >= 0.6 is 22.6 Å². The maximum Gasteiger partial charge on any atom is 0.103 e. The van der Waals surface area contributed by atoms with Gasteiger partial charge in [0.25, 0.3) is 0 Å². The standard InChI is InChI=1S/C7H9IN2O2/c8-5-1-9-10(2-5)6-3-12-4-7(6)11/h1-2,6-7,11H,3-4H2. The first kappa shape index (κ1) is 8.46. The van der Waals surface area contributed by atoms with Crippen molar-refractivity contribution in [3.63, 3.8) is 0 Å². The summed E-state index contributed by atoms with van der Waals surface area (Å²) in [5, 5.41) is 13.6. The molecule has 12 heavy (non-hydrogen) atoms. The molecule has 1 saturated heterocycles. The van der Waals surface area contributed by atoms with Gasteiger partial charge in [-0.15, -0.1) is 0 Å². The van der Waals surface area contributed by atoms with Crippen LogP contribution in [0.2, 0.25) is 0 Å². The van der Waals surface area contributed by atoms with E-state index < -0.39 is 6.10 Å². The first-order valence-electron chi connectivity index (χ1n) is 3.73. The van der Waals surface area contributed by atoms with E-state index >= 15 is 0 Å². The van der Waals surface area contributed by atoms with Gasteiger partial charge in [-0.2, -0.15) is 5.10 Å². The van der Waals surface area contributed by atoms with Crippen LogP contribution in [0.1, 0.15) is 6.04 Å². The Morgan fingerprint density at radius 2 is 2.50 bits per heavy atom. The number of nitrogens with zero attached hydrogens (tertiary/aromatic N) is 2. The molecule has 2 unspecified atom stereocenters. The smallest absolute Gasteiger partial charge is 0.103 e. The first-order chi connectivity index (χ1) is 5.77. The van der Waals surface area contributed by atoms with Crippen molar-refractivity contribution in [2.24, 2.45) is 0 Å². The lowest BCUT2D eigenvalue weighted by Gasteiger charge is -2.11. The van der Waals surface area contributed by atoms with E-state index in [1.165, 1.54) is 0 Å². The molecule has 1 N–H and O–H groups in total. The van der Waals surface area contributed by atoms with Crippen molar-refractivity contribution in [2.45, 2.75) is 12.1 Å². The summed E-state index contributed by atoms with van der Waals surface area (Å²) < 4.78 is 7.96. The fourth-order valence-electron chi connectivity index (χ4n) is 1.28. The van der Waals surface area contributed by atoms with E-state index in [-0.39, 0.29) is 6.04 Å². The molecule has 1 aliphatic heterocycles. The topological polar surface area (TPSA) is 47.3 Å². The van der Waals surface area contributed by atoms with Crippen LogP contribution in [-0.4, -0.2) is 34.2 Å². The van der Waals surface area contributed by atoms with Gasteiger partial charge in [-0.3, -0.25) is 4.68 Å². The predicted molar refractivity (Wildman–Crippen MR) is 50.8 cm³/mol. The summed E-state index contributed by atoms with van der Waals surface area (Å²) >= 11 is 2.19. The molecule has 2 rings (SSSR count). The molecule has 0 saturated carbocycles. The second kappa shape index (κ2) is 3.31. The normalized spacial score (nSPS) is 29.5. The molecule has 4 nitrogen and oxygen atoms in total. The highest BCUT2D eigenvalue weighted by molar-refractivity contribution is 14.1. The Morgan fingerprint density at radius 1 is 1.67 bits per heavy atom. The molecule has 0 amide bonds. The molecule has 1 aliphatic rings. The second-order valence-corrected chi connectivity index (χ2v) is 4.06. The summed E-state index contributed by atoms with van der Waals surface area (Å²) in [6.07, 6.45) is 3.26. The minimum atomic E-state index is -0.416. The van der Waals surface area contributed by atoms with E-state index in [2.05, 4.69) is 27.7 Å². The Hall–Kier alpha value is -0.140. The molecular weight excluding hydrogens is 271 g/mol. The third kappa shape index (κ3) is 1.48. The van der Waals surface area contributed by atoms with Crippen molar-refractivity contribution in [2.75, 3.05) is 13.2 Å². The fourth-order valence-corrected chi connectivity index (χ4v) is 1.69. The van der Waals surface area contributed by atoms with Crippen LogP contribution in [0.5, 0.6) is 0 Å². The highest BCUT2D eigenvalue weighted by Crippen LogP contribution is 2.19. The average molecular weight is 280 g/mol. The second-order valence-electron chi connectivity index (χ2n) is 2.81. The van der Waals surface area contributed by atoms with Crippen LogP contribution in [0.15, 0.2) is 12.4 Å². The van der Waals surface area contributed by atoms with Gasteiger partial charge in [0.2, 0.25) is 0 Å². The third-order valence-corrected chi connectivity index (χ3v) is 2.49. The monoisotopic (exact) mass is 280 g/mol. The van der Waals surface area contributed by atoms with Crippen LogP contribution in [-0.2, 0) is 4.74 Å². The van der Waals surface area contributed by atoms with Crippen LogP contribution in [0.3, 0.4) is 0 Å². The molecule has 0 radical (unpaired) electrons. The molecule has 1 aromatic heterocycles. The van der Waals surface area contributed by atoms with E-state index in [1.54, 1.807) is 10.9 Å². The van der Waals surface area contributed by atoms with E-state index in [0.717, 1.165) is 3.57 Å². The minimum absolute atomic E-state index is 0.00600. The average Bonchev–Trinajstić information content (AvgIpc) is 2.58.